The summed E-state index contributed by atoms with van der Waals surface area (Å²) in [6.45, 7) is 0.227. The second-order valence-corrected chi connectivity index (χ2v) is 5.49. The first-order valence-electron chi connectivity index (χ1n) is 7.78. The summed E-state index contributed by atoms with van der Waals surface area (Å²) >= 11 is 0. The molecule has 1 aromatic carbocycles. The average Bonchev–Trinajstić information content (AvgIpc) is 2.60. The van der Waals surface area contributed by atoms with E-state index in [1.54, 1.807) is 0 Å². The van der Waals surface area contributed by atoms with Crippen molar-refractivity contribution < 1.29 is 18.7 Å². The van der Waals surface area contributed by atoms with E-state index in [-0.39, 0.29) is 30.9 Å². The molecule has 1 heterocycles. The number of amides is 2. The van der Waals surface area contributed by atoms with E-state index in [4.69, 9.17) is 4.74 Å². The average molecular weight is 362 g/mol. The first-order valence-corrected chi connectivity index (χ1v) is 7.78. The Labute approximate surface area is 149 Å². The first-order chi connectivity index (χ1) is 12.4. The fourth-order valence-electron chi connectivity index (χ4n) is 2.15. The molecule has 0 saturated heterocycles. The molecule has 1 N–H and O–H groups in total. The Morgan fingerprint density at radius 2 is 2.08 bits per heavy atom. The van der Waals surface area contributed by atoms with Crippen molar-refractivity contribution in [2.45, 2.75) is 6.54 Å². The SMILES string of the molecule is COCCn1nc(C(=O)N(C)CC(=O)Nc2cccc(F)c2)ccc1=O. The van der Waals surface area contributed by atoms with Gasteiger partial charge >= 0.3 is 0 Å². The Morgan fingerprint density at radius 3 is 2.77 bits per heavy atom. The largest absolute Gasteiger partial charge is 0.383 e. The van der Waals surface area contributed by atoms with Gasteiger partial charge in [-0.05, 0) is 24.3 Å². The molecular formula is C17H19FN4O4. The molecular weight excluding hydrogens is 343 g/mol. The zero-order chi connectivity index (χ0) is 19.1. The van der Waals surface area contributed by atoms with Crippen molar-refractivity contribution in [1.29, 1.82) is 0 Å². The van der Waals surface area contributed by atoms with Crippen LogP contribution in [0.5, 0.6) is 0 Å². The maximum absolute atomic E-state index is 13.1. The van der Waals surface area contributed by atoms with Crippen LogP contribution < -0.4 is 10.9 Å². The highest BCUT2D eigenvalue weighted by Gasteiger charge is 2.17. The standard InChI is InChI=1S/C17H19FN4O4/c1-21(11-15(23)19-13-5-3-4-12(18)10-13)17(25)14-6-7-16(24)22(20-14)8-9-26-2/h3-7,10H,8-9,11H2,1-2H3,(H,19,23). The van der Waals surface area contributed by atoms with E-state index >= 15 is 0 Å². The van der Waals surface area contributed by atoms with Crippen LogP contribution in [0.1, 0.15) is 10.5 Å². The van der Waals surface area contributed by atoms with Gasteiger partial charge in [0.05, 0.1) is 19.7 Å². The third kappa shape index (κ3) is 5.21. The molecule has 0 aliphatic rings. The minimum absolute atomic E-state index is 0.0294. The molecule has 0 atom stereocenters. The van der Waals surface area contributed by atoms with Gasteiger partial charge in [-0.3, -0.25) is 14.4 Å². The molecule has 0 aliphatic heterocycles. The molecule has 2 rings (SSSR count). The van der Waals surface area contributed by atoms with Gasteiger partial charge in [0.1, 0.15) is 11.5 Å². The quantitative estimate of drug-likeness (QED) is 0.784. The first kappa shape index (κ1) is 19.3. The van der Waals surface area contributed by atoms with Crippen LogP contribution in [0.25, 0.3) is 0 Å². The van der Waals surface area contributed by atoms with Crippen LogP contribution in [-0.2, 0) is 16.1 Å². The van der Waals surface area contributed by atoms with E-state index in [1.165, 1.54) is 50.6 Å². The molecule has 0 unspecified atom stereocenters. The van der Waals surface area contributed by atoms with E-state index in [1.807, 2.05) is 0 Å². The number of methoxy groups -OCH3 is 1. The highest BCUT2D eigenvalue weighted by Crippen LogP contribution is 2.09. The summed E-state index contributed by atoms with van der Waals surface area (Å²) in [6.07, 6.45) is 0. The summed E-state index contributed by atoms with van der Waals surface area (Å²) < 4.78 is 19.1. The molecule has 2 amide bonds. The number of benzene rings is 1. The molecule has 0 saturated carbocycles. The van der Waals surface area contributed by atoms with Crippen LogP contribution in [0, 0.1) is 5.82 Å². The van der Waals surface area contributed by atoms with Crippen molar-refractivity contribution in [2.24, 2.45) is 0 Å². The summed E-state index contributed by atoms with van der Waals surface area (Å²) in [5.41, 5.74) is -0.0334. The molecule has 0 fully saturated rings. The van der Waals surface area contributed by atoms with Crippen LogP contribution in [0.3, 0.4) is 0 Å². The number of ether oxygens (including phenoxy) is 1. The highest BCUT2D eigenvalue weighted by atomic mass is 19.1. The summed E-state index contributed by atoms with van der Waals surface area (Å²) in [7, 11) is 2.92. The number of rotatable bonds is 7. The number of nitrogens with zero attached hydrogens (tertiary/aromatic N) is 3. The lowest BCUT2D eigenvalue weighted by atomic mass is 10.3. The zero-order valence-electron chi connectivity index (χ0n) is 14.4. The van der Waals surface area contributed by atoms with Crippen molar-refractivity contribution in [1.82, 2.24) is 14.7 Å². The van der Waals surface area contributed by atoms with Gasteiger partial charge in [-0.1, -0.05) is 6.07 Å². The van der Waals surface area contributed by atoms with Crippen LogP contribution in [0.4, 0.5) is 10.1 Å². The monoisotopic (exact) mass is 362 g/mol. The van der Waals surface area contributed by atoms with Gasteiger partial charge in [0.2, 0.25) is 5.91 Å². The predicted molar refractivity (Wildman–Crippen MR) is 92.4 cm³/mol. The topological polar surface area (TPSA) is 93.5 Å². The lowest BCUT2D eigenvalue weighted by Crippen LogP contribution is -2.36. The van der Waals surface area contributed by atoms with Gasteiger partial charge in [0, 0.05) is 25.9 Å². The minimum Gasteiger partial charge on any atom is -0.383 e. The number of hydrogen-bond donors (Lipinski definition) is 1. The van der Waals surface area contributed by atoms with Gasteiger partial charge in [0.25, 0.3) is 11.5 Å². The summed E-state index contributed by atoms with van der Waals surface area (Å²) in [4.78, 5) is 37.3. The molecule has 138 valence electrons. The van der Waals surface area contributed by atoms with Crippen LogP contribution in [-0.4, -0.2) is 53.8 Å². The number of hydrogen-bond acceptors (Lipinski definition) is 5. The molecule has 1 aromatic heterocycles. The van der Waals surface area contributed by atoms with Crippen LogP contribution >= 0.6 is 0 Å². The maximum Gasteiger partial charge on any atom is 0.274 e. The van der Waals surface area contributed by atoms with Gasteiger partial charge in [-0.2, -0.15) is 5.10 Å². The Bertz CT molecular complexity index is 853. The number of carbonyl (C=O) groups is 2. The lowest BCUT2D eigenvalue weighted by Gasteiger charge is -2.17. The second kappa shape index (κ2) is 8.86. The van der Waals surface area contributed by atoms with Crippen molar-refractivity contribution >= 4 is 17.5 Å². The fraction of sp³-hybridized carbons (Fsp3) is 0.294. The Morgan fingerprint density at radius 1 is 1.31 bits per heavy atom. The number of likely N-dealkylation sites (N-methyl/N-ethyl adjacent to an activating group) is 1. The van der Waals surface area contributed by atoms with Gasteiger partial charge in [-0.25, -0.2) is 9.07 Å². The lowest BCUT2D eigenvalue weighted by molar-refractivity contribution is -0.116. The summed E-state index contributed by atoms with van der Waals surface area (Å²) in [5.74, 6) is -1.49. The molecule has 0 spiro atoms. The van der Waals surface area contributed by atoms with E-state index in [2.05, 4.69) is 10.4 Å². The molecule has 26 heavy (non-hydrogen) atoms. The third-order valence-corrected chi connectivity index (χ3v) is 3.43. The molecule has 2 aromatic rings. The van der Waals surface area contributed by atoms with Crippen molar-refractivity contribution in [3.8, 4) is 0 Å². The molecule has 0 bridgehead atoms. The van der Waals surface area contributed by atoms with Gasteiger partial charge < -0.3 is 15.0 Å². The van der Waals surface area contributed by atoms with Crippen molar-refractivity contribution in [3.63, 3.8) is 0 Å². The molecule has 0 radical (unpaired) electrons. The van der Waals surface area contributed by atoms with E-state index < -0.39 is 17.6 Å². The number of aromatic nitrogens is 2. The number of anilines is 1. The van der Waals surface area contributed by atoms with Crippen molar-refractivity contribution in [2.75, 3.05) is 32.6 Å². The van der Waals surface area contributed by atoms with Crippen molar-refractivity contribution in [3.05, 3.63) is 58.3 Å². The normalized spacial score (nSPS) is 10.4. The van der Waals surface area contributed by atoms with E-state index in [9.17, 15) is 18.8 Å². The number of carbonyl (C=O) groups excluding carboxylic acids is 2. The van der Waals surface area contributed by atoms with Gasteiger partial charge in [0.15, 0.2) is 0 Å². The number of nitrogens with one attached hydrogen (secondary N) is 1. The predicted octanol–water partition coefficient (Wildman–Crippen LogP) is 0.739. The zero-order valence-corrected chi connectivity index (χ0v) is 14.4. The van der Waals surface area contributed by atoms with Gasteiger partial charge in [-0.15, -0.1) is 0 Å². The molecule has 0 aliphatic carbocycles. The second-order valence-electron chi connectivity index (χ2n) is 5.49. The Balaban J connectivity index is 2.02. The Kier molecular flexibility index (Phi) is 6.56. The number of halogens is 1. The molecule has 9 heteroatoms. The van der Waals surface area contributed by atoms with Crippen LogP contribution in [0.2, 0.25) is 0 Å². The third-order valence-electron chi connectivity index (χ3n) is 3.43. The smallest absolute Gasteiger partial charge is 0.274 e. The van der Waals surface area contributed by atoms with E-state index in [0.717, 1.165) is 9.58 Å². The van der Waals surface area contributed by atoms with E-state index in [0.29, 0.717) is 5.69 Å². The fourth-order valence-corrected chi connectivity index (χ4v) is 2.15. The minimum atomic E-state index is -0.523. The Hall–Kier alpha value is -3.07. The van der Waals surface area contributed by atoms with Crippen LogP contribution in [0.15, 0.2) is 41.2 Å². The molecule has 8 nitrogen and oxygen atoms in total. The highest BCUT2D eigenvalue weighted by molar-refractivity contribution is 5.98. The maximum atomic E-state index is 13.1. The summed E-state index contributed by atoms with van der Waals surface area (Å²) in [5, 5.41) is 6.49. The summed E-state index contributed by atoms with van der Waals surface area (Å²) in [6, 6.07) is 7.97.